The van der Waals surface area contributed by atoms with Crippen molar-refractivity contribution in [1.29, 1.82) is 0 Å². The van der Waals surface area contributed by atoms with Crippen molar-refractivity contribution in [3.05, 3.63) is 23.8 Å². The topological polar surface area (TPSA) is 54.9 Å². The van der Waals surface area contributed by atoms with E-state index < -0.39 is 0 Å². The molecule has 0 spiro atoms. The Balaban J connectivity index is 0.00000264. The molecule has 0 amide bonds. The number of nitrogens with one attached hydrogen (secondary N) is 2. The Bertz CT molecular complexity index is 495. The monoisotopic (exact) mass is 433 g/mol. The smallest absolute Gasteiger partial charge is 0.191 e. The summed E-state index contributed by atoms with van der Waals surface area (Å²) in [5, 5.41) is 6.66. The van der Waals surface area contributed by atoms with Crippen LogP contribution in [0, 0.1) is 0 Å². The first-order valence-electron chi connectivity index (χ1n) is 8.16. The molecule has 0 fully saturated rings. The maximum absolute atomic E-state index is 5.72. The van der Waals surface area contributed by atoms with E-state index in [1.807, 2.05) is 12.1 Å². The Kier molecular flexibility index (Phi) is 9.82. The third-order valence-electron chi connectivity index (χ3n) is 3.57. The van der Waals surface area contributed by atoms with Crippen molar-refractivity contribution in [3.8, 4) is 11.5 Å². The first-order chi connectivity index (χ1) is 10.8. The summed E-state index contributed by atoms with van der Waals surface area (Å²) in [7, 11) is 1.79. The van der Waals surface area contributed by atoms with Crippen LogP contribution in [0.15, 0.2) is 23.2 Å². The van der Waals surface area contributed by atoms with Crippen LogP contribution in [0.3, 0.4) is 0 Å². The van der Waals surface area contributed by atoms with Gasteiger partial charge in [0.15, 0.2) is 17.5 Å². The molecule has 0 aromatic heterocycles. The number of fused-ring (bicyclic) bond motifs is 1. The molecule has 0 bridgehead atoms. The number of hydrogen-bond donors (Lipinski definition) is 2. The van der Waals surface area contributed by atoms with Gasteiger partial charge in [-0.2, -0.15) is 0 Å². The Labute approximate surface area is 156 Å². The van der Waals surface area contributed by atoms with E-state index in [2.05, 4.69) is 28.6 Å². The number of aliphatic imine (C=N–C) groups is 1. The van der Waals surface area contributed by atoms with Gasteiger partial charge in [0, 0.05) is 26.6 Å². The van der Waals surface area contributed by atoms with Crippen LogP contribution in [0.4, 0.5) is 0 Å². The molecular formula is C17H28IN3O2. The van der Waals surface area contributed by atoms with Crippen molar-refractivity contribution in [3.63, 3.8) is 0 Å². The summed E-state index contributed by atoms with van der Waals surface area (Å²) in [5.74, 6) is 2.51. The van der Waals surface area contributed by atoms with Gasteiger partial charge < -0.3 is 20.1 Å². The molecule has 0 aliphatic carbocycles. The van der Waals surface area contributed by atoms with Crippen molar-refractivity contribution in [2.45, 2.75) is 39.2 Å². The van der Waals surface area contributed by atoms with Crippen LogP contribution in [0.1, 0.15) is 38.2 Å². The van der Waals surface area contributed by atoms with Crippen molar-refractivity contribution >= 4 is 29.9 Å². The molecule has 0 atom stereocenters. The molecule has 130 valence electrons. The van der Waals surface area contributed by atoms with Gasteiger partial charge in [0.05, 0.1) is 13.2 Å². The van der Waals surface area contributed by atoms with Crippen LogP contribution in [-0.4, -0.2) is 32.8 Å². The molecule has 1 heterocycles. The van der Waals surface area contributed by atoms with Crippen LogP contribution in [0.2, 0.25) is 0 Å². The Morgan fingerprint density at radius 1 is 1.13 bits per heavy atom. The second kappa shape index (κ2) is 11.4. The van der Waals surface area contributed by atoms with Crippen molar-refractivity contribution in [1.82, 2.24) is 10.6 Å². The zero-order valence-electron chi connectivity index (χ0n) is 14.1. The first-order valence-corrected chi connectivity index (χ1v) is 8.16. The number of unbranched alkanes of at least 4 members (excludes halogenated alkanes) is 2. The van der Waals surface area contributed by atoms with Gasteiger partial charge in [-0.1, -0.05) is 25.8 Å². The molecular weight excluding hydrogens is 405 g/mol. The minimum absolute atomic E-state index is 0. The summed E-state index contributed by atoms with van der Waals surface area (Å²) in [4.78, 5) is 4.24. The number of hydrogen-bond acceptors (Lipinski definition) is 3. The van der Waals surface area contributed by atoms with Gasteiger partial charge in [-0.05, 0) is 24.1 Å². The molecule has 1 aliphatic rings. The summed E-state index contributed by atoms with van der Waals surface area (Å²) in [6, 6.07) is 6.08. The van der Waals surface area contributed by atoms with E-state index in [1.165, 1.54) is 19.3 Å². The molecule has 1 aromatic rings. The summed E-state index contributed by atoms with van der Waals surface area (Å²) in [6.07, 6.45) is 4.56. The lowest BCUT2D eigenvalue weighted by atomic mass is 10.2. The molecule has 23 heavy (non-hydrogen) atoms. The number of nitrogens with zero attached hydrogens (tertiary/aromatic N) is 1. The molecule has 2 N–H and O–H groups in total. The highest BCUT2D eigenvalue weighted by molar-refractivity contribution is 14.0. The van der Waals surface area contributed by atoms with E-state index in [9.17, 15) is 0 Å². The largest absolute Gasteiger partial charge is 0.490 e. The fraction of sp³-hybridized carbons (Fsp3) is 0.588. The third-order valence-corrected chi connectivity index (χ3v) is 3.57. The lowest BCUT2D eigenvalue weighted by Crippen LogP contribution is -2.37. The van der Waals surface area contributed by atoms with Crippen molar-refractivity contribution < 1.29 is 9.47 Å². The van der Waals surface area contributed by atoms with Gasteiger partial charge in [0.25, 0.3) is 0 Å². The van der Waals surface area contributed by atoms with E-state index in [-0.39, 0.29) is 24.0 Å². The van der Waals surface area contributed by atoms with Gasteiger partial charge in [-0.3, -0.25) is 4.99 Å². The maximum atomic E-state index is 5.72. The quantitative estimate of drug-likeness (QED) is 0.313. The minimum Gasteiger partial charge on any atom is -0.490 e. The van der Waals surface area contributed by atoms with Gasteiger partial charge >= 0.3 is 0 Å². The third kappa shape index (κ3) is 6.85. The van der Waals surface area contributed by atoms with Gasteiger partial charge in [0.1, 0.15) is 0 Å². The highest BCUT2D eigenvalue weighted by atomic mass is 127. The predicted octanol–water partition coefficient (Wildman–Crippen LogP) is 3.32. The summed E-state index contributed by atoms with van der Waals surface area (Å²) < 4.78 is 11.4. The van der Waals surface area contributed by atoms with E-state index in [1.54, 1.807) is 7.05 Å². The van der Waals surface area contributed by atoms with Crippen LogP contribution >= 0.6 is 24.0 Å². The van der Waals surface area contributed by atoms with Crippen molar-refractivity contribution in [2.75, 3.05) is 26.8 Å². The molecule has 5 nitrogen and oxygen atoms in total. The molecule has 0 saturated carbocycles. The molecule has 1 aliphatic heterocycles. The fourth-order valence-electron chi connectivity index (χ4n) is 2.31. The van der Waals surface area contributed by atoms with Crippen molar-refractivity contribution in [2.24, 2.45) is 4.99 Å². The Hall–Kier alpha value is -1.18. The highest BCUT2D eigenvalue weighted by Crippen LogP contribution is 2.30. The van der Waals surface area contributed by atoms with Crippen LogP contribution in [0.25, 0.3) is 0 Å². The van der Waals surface area contributed by atoms with Gasteiger partial charge in [-0.25, -0.2) is 0 Å². The molecule has 6 heteroatoms. The van der Waals surface area contributed by atoms with E-state index in [0.717, 1.165) is 42.6 Å². The molecule has 1 aromatic carbocycles. The normalized spacial score (nSPS) is 13.7. The molecule has 0 saturated heterocycles. The molecule has 2 rings (SSSR count). The molecule has 0 unspecified atom stereocenters. The number of guanidine groups is 1. The predicted molar refractivity (Wildman–Crippen MR) is 105 cm³/mol. The SMILES string of the molecule is CCCCCNC(=NC)NCc1ccc2c(c1)OCCCO2.I. The van der Waals surface area contributed by atoms with Crippen LogP contribution in [0.5, 0.6) is 11.5 Å². The first kappa shape index (κ1) is 19.9. The van der Waals surface area contributed by atoms with Crippen LogP contribution < -0.4 is 20.1 Å². The lowest BCUT2D eigenvalue weighted by Gasteiger charge is -2.13. The lowest BCUT2D eigenvalue weighted by molar-refractivity contribution is 0.297. The van der Waals surface area contributed by atoms with Gasteiger partial charge in [0.2, 0.25) is 0 Å². The second-order valence-electron chi connectivity index (χ2n) is 5.39. The Morgan fingerprint density at radius 3 is 2.65 bits per heavy atom. The minimum atomic E-state index is 0. The Morgan fingerprint density at radius 2 is 1.91 bits per heavy atom. The van der Waals surface area contributed by atoms with Gasteiger partial charge in [-0.15, -0.1) is 24.0 Å². The average molecular weight is 433 g/mol. The summed E-state index contributed by atoms with van der Waals surface area (Å²) in [6.45, 7) is 5.30. The summed E-state index contributed by atoms with van der Waals surface area (Å²) in [5.41, 5.74) is 1.15. The molecule has 0 radical (unpaired) electrons. The second-order valence-corrected chi connectivity index (χ2v) is 5.39. The van der Waals surface area contributed by atoms with E-state index >= 15 is 0 Å². The average Bonchev–Trinajstić information content (AvgIpc) is 2.79. The zero-order chi connectivity index (χ0) is 15.6. The number of halogens is 1. The highest BCUT2D eigenvalue weighted by Gasteiger charge is 2.10. The zero-order valence-corrected chi connectivity index (χ0v) is 16.4. The number of rotatable bonds is 6. The maximum Gasteiger partial charge on any atom is 0.191 e. The standard InChI is InChI=1S/C17H27N3O2.HI/c1-3-4-5-9-19-17(18-2)20-13-14-7-8-15-16(12-14)22-11-6-10-21-15;/h7-8,12H,3-6,9-11,13H2,1-2H3,(H2,18,19,20);1H. The van der Waals surface area contributed by atoms with E-state index in [4.69, 9.17) is 9.47 Å². The van der Waals surface area contributed by atoms with E-state index in [0.29, 0.717) is 13.2 Å². The number of ether oxygens (including phenoxy) is 2. The van der Waals surface area contributed by atoms with Crippen LogP contribution in [-0.2, 0) is 6.54 Å². The fourth-order valence-corrected chi connectivity index (χ4v) is 2.31. The number of benzene rings is 1. The summed E-state index contributed by atoms with van der Waals surface area (Å²) >= 11 is 0.